The number of methoxy groups -OCH3 is 2. The van der Waals surface area contributed by atoms with E-state index in [4.69, 9.17) is 9.47 Å². The quantitative estimate of drug-likeness (QED) is 0.523. The molecule has 0 bridgehead atoms. The molecule has 0 aliphatic rings. The highest BCUT2D eigenvalue weighted by atomic mass is 32.1. The first-order chi connectivity index (χ1) is 14.2. The van der Waals surface area contributed by atoms with Crippen LogP contribution in [0.2, 0.25) is 0 Å². The third kappa shape index (κ3) is 3.92. The number of carbonyl (C=O) groups is 1. The zero-order chi connectivity index (χ0) is 20.2. The van der Waals surface area contributed by atoms with E-state index in [2.05, 4.69) is 25.8 Å². The summed E-state index contributed by atoms with van der Waals surface area (Å²) in [6.45, 7) is 0. The first-order valence-corrected chi connectivity index (χ1v) is 9.38. The Kier molecular flexibility index (Phi) is 5.16. The van der Waals surface area contributed by atoms with Crippen LogP contribution in [0.3, 0.4) is 0 Å². The van der Waals surface area contributed by atoms with Crippen molar-refractivity contribution < 1.29 is 14.3 Å². The molecular formula is C19H16N6O3S. The maximum Gasteiger partial charge on any atom is 0.257 e. The zero-order valence-electron chi connectivity index (χ0n) is 15.6. The van der Waals surface area contributed by atoms with Crippen LogP contribution in [0, 0.1) is 0 Å². The summed E-state index contributed by atoms with van der Waals surface area (Å²) in [7, 11) is 3.17. The molecule has 0 unspecified atom stereocenters. The van der Waals surface area contributed by atoms with Crippen molar-refractivity contribution in [1.82, 2.24) is 25.2 Å². The number of tetrazole rings is 1. The number of thiazole rings is 1. The summed E-state index contributed by atoms with van der Waals surface area (Å²) in [5.41, 5.74) is 2.75. The van der Waals surface area contributed by atoms with Crippen molar-refractivity contribution in [2.45, 2.75) is 0 Å². The van der Waals surface area contributed by atoms with Gasteiger partial charge in [-0.2, -0.15) is 0 Å². The normalized spacial score (nSPS) is 10.6. The van der Waals surface area contributed by atoms with E-state index in [-0.39, 0.29) is 5.91 Å². The predicted molar refractivity (Wildman–Crippen MR) is 108 cm³/mol. The van der Waals surface area contributed by atoms with Crippen LogP contribution >= 0.6 is 11.3 Å². The number of nitrogens with zero attached hydrogens (tertiary/aromatic N) is 5. The number of benzene rings is 2. The van der Waals surface area contributed by atoms with E-state index in [0.717, 1.165) is 11.3 Å². The Labute approximate surface area is 169 Å². The number of carbonyl (C=O) groups excluding carboxylic acids is 1. The van der Waals surface area contributed by atoms with Crippen LogP contribution in [-0.2, 0) is 0 Å². The van der Waals surface area contributed by atoms with E-state index < -0.39 is 0 Å². The minimum Gasteiger partial charge on any atom is -0.493 e. The van der Waals surface area contributed by atoms with Gasteiger partial charge in [-0.3, -0.25) is 10.1 Å². The molecule has 29 heavy (non-hydrogen) atoms. The number of rotatable bonds is 6. The highest BCUT2D eigenvalue weighted by Gasteiger charge is 2.13. The predicted octanol–water partition coefficient (Wildman–Crippen LogP) is 3.06. The Morgan fingerprint density at radius 3 is 2.72 bits per heavy atom. The number of amides is 1. The van der Waals surface area contributed by atoms with Crippen LogP contribution < -0.4 is 14.8 Å². The Balaban J connectivity index is 1.52. The summed E-state index contributed by atoms with van der Waals surface area (Å²) in [6.07, 6.45) is 1.47. The van der Waals surface area contributed by atoms with Crippen LogP contribution in [0.4, 0.5) is 5.13 Å². The maximum atomic E-state index is 12.6. The van der Waals surface area contributed by atoms with Gasteiger partial charge >= 0.3 is 0 Å². The van der Waals surface area contributed by atoms with Crippen LogP contribution in [0.1, 0.15) is 10.4 Å². The largest absolute Gasteiger partial charge is 0.493 e. The fraction of sp³-hybridized carbons (Fsp3) is 0.105. The van der Waals surface area contributed by atoms with Crippen LogP contribution in [0.15, 0.2) is 54.2 Å². The van der Waals surface area contributed by atoms with E-state index in [0.29, 0.717) is 27.9 Å². The molecule has 2 aromatic carbocycles. The van der Waals surface area contributed by atoms with Gasteiger partial charge < -0.3 is 9.47 Å². The first-order valence-electron chi connectivity index (χ1n) is 8.50. The number of hydrogen-bond acceptors (Lipinski definition) is 8. The lowest BCUT2D eigenvalue weighted by Crippen LogP contribution is -2.12. The number of aromatic nitrogens is 5. The van der Waals surface area contributed by atoms with Gasteiger partial charge in [0.1, 0.15) is 6.33 Å². The molecule has 1 N–H and O–H groups in total. The molecule has 1 amide bonds. The van der Waals surface area contributed by atoms with Gasteiger partial charge in [-0.25, -0.2) is 9.67 Å². The third-order valence-corrected chi connectivity index (χ3v) is 4.88. The highest BCUT2D eigenvalue weighted by molar-refractivity contribution is 7.14. The Morgan fingerprint density at radius 2 is 1.97 bits per heavy atom. The summed E-state index contributed by atoms with van der Waals surface area (Å²) in [6, 6.07) is 12.5. The summed E-state index contributed by atoms with van der Waals surface area (Å²) in [5.74, 6) is 0.985. The summed E-state index contributed by atoms with van der Waals surface area (Å²) < 4.78 is 12.1. The van der Waals surface area contributed by atoms with Gasteiger partial charge in [0.25, 0.3) is 5.91 Å². The second-order valence-corrected chi connectivity index (χ2v) is 6.72. The average Bonchev–Trinajstić information content (AvgIpc) is 3.46. The van der Waals surface area contributed by atoms with Crippen molar-refractivity contribution >= 4 is 22.4 Å². The molecule has 2 heterocycles. The van der Waals surface area contributed by atoms with Gasteiger partial charge in [-0.05, 0) is 46.8 Å². The van der Waals surface area contributed by atoms with Crippen LogP contribution in [0.5, 0.6) is 11.5 Å². The monoisotopic (exact) mass is 408 g/mol. The molecule has 10 heteroatoms. The van der Waals surface area contributed by atoms with Crippen LogP contribution in [-0.4, -0.2) is 45.3 Å². The van der Waals surface area contributed by atoms with Gasteiger partial charge in [0.05, 0.1) is 25.6 Å². The number of anilines is 1. The molecule has 4 aromatic rings. The van der Waals surface area contributed by atoms with Gasteiger partial charge in [-0.15, -0.1) is 16.4 Å². The highest BCUT2D eigenvalue weighted by Crippen LogP contribution is 2.33. The smallest absolute Gasteiger partial charge is 0.257 e. The lowest BCUT2D eigenvalue weighted by molar-refractivity contribution is 0.102. The molecule has 0 aliphatic carbocycles. The summed E-state index contributed by atoms with van der Waals surface area (Å²) >= 11 is 1.34. The van der Waals surface area contributed by atoms with Gasteiger partial charge in [0, 0.05) is 16.5 Å². The van der Waals surface area contributed by atoms with Crippen molar-refractivity contribution in [3.05, 3.63) is 59.7 Å². The molecule has 0 radical (unpaired) electrons. The molecule has 9 nitrogen and oxygen atoms in total. The maximum absolute atomic E-state index is 12.6. The van der Waals surface area contributed by atoms with E-state index in [1.165, 1.54) is 22.3 Å². The SMILES string of the molecule is COc1ccc(-c2csc(NC(=O)c3cccc(-n4cnnn4)c3)n2)cc1OC. The minimum absolute atomic E-state index is 0.270. The molecule has 0 saturated heterocycles. The van der Waals surface area contributed by atoms with E-state index in [9.17, 15) is 4.79 Å². The summed E-state index contributed by atoms with van der Waals surface area (Å²) in [4.78, 5) is 17.1. The fourth-order valence-corrected chi connectivity index (χ4v) is 3.41. The summed E-state index contributed by atoms with van der Waals surface area (Å²) in [5, 5.41) is 16.2. The molecular weight excluding hydrogens is 392 g/mol. The van der Waals surface area contributed by atoms with Crippen molar-refractivity contribution in [2.75, 3.05) is 19.5 Å². The minimum atomic E-state index is -0.270. The molecule has 0 saturated carbocycles. The topological polar surface area (TPSA) is 104 Å². The number of ether oxygens (including phenoxy) is 2. The number of nitrogens with one attached hydrogen (secondary N) is 1. The van der Waals surface area contributed by atoms with Crippen molar-refractivity contribution in [1.29, 1.82) is 0 Å². The second-order valence-electron chi connectivity index (χ2n) is 5.87. The van der Waals surface area contributed by atoms with Crippen molar-refractivity contribution in [2.24, 2.45) is 0 Å². The first kappa shape index (κ1) is 18.6. The third-order valence-electron chi connectivity index (χ3n) is 4.13. The lowest BCUT2D eigenvalue weighted by Gasteiger charge is -2.08. The van der Waals surface area contributed by atoms with Gasteiger partial charge in [0.2, 0.25) is 0 Å². The van der Waals surface area contributed by atoms with Crippen LogP contribution in [0.25, 0.3) is 16.9 Å². The Morgan fingerprint density at radius 1 is 1.10 bits per heavy atom. The molecule has 146 valence electrons. The van der Waals surface area contributed by atoms with E-state index in [1.54, 1.807) is 32.4 Å². The van der Waals surface area contributed by atoms with E-state index in [1.807, 2.05) is 29.6 Å². The van der Waals surface area contributed by atoms with Gasteiger partial charge in [-0.1, -0.05) is 6.07 Å². The molecule has 0 spiro atoms. The molecule has 4 rings (SSSR count). The Bertz CT molecular complexity index is 1140. The molecule has 2 aromatic heterocycles. The fourth-order valence-electron chi connectivity index (χ4n) is 2.70. The Hall–Kier alpha value is -3.79. The molecule has 0 aliphatic heterocycles. The average molecular weight is 408 g/mol. The second kappa shape index (κ2) is 8.07. The number of hydrogen-bond donors (Lipinski definition) is 1. The van der Waals surface area contributed by atoms with Gasteiger partial charge in [0.15, 0.2) is 16.6 Å². The van der Waals surface area contributed by atoms with Crippen molar-refractivity contribution in [3.63, 3.8) is 0 Å². The van der Waals surface area contributed by atoms with E-state index >= 15 is 0 Å². The molecule has 0 atom stereocenters. The standard InChI is InChI=1S/C19H16N6O3S/c1-27-16-7-6-12(9-17(16)28-2)15-10-29-19(21-15)22-18(26)13-4-3-5-14(8-13)25-11-20-23-24-25/h3-11H,1-2H3,(H,21,22,26). The zero-order valence-corrected chi connectivity index (χ0v) is 16.4. The lowest BCUT2D eigenvalue weighted by atomic mass is 10.1. The van der Waals surface area contributed by atoms with Crippen molar-refractivity contribution in [3.8, 4) is 28.4 Å². The molecule has 0 fully saturated rings.